The van der Waals surface area contributed by atoms with Gasteiger partial charge in [-0.05, 0) is 81.3 Å². The van der Waals surface area contributed by atoms with Crippen LogP contribution in [0, 0.1) is 11.3 Å². The second kappa shape index (κ2) is 15.2. The lowest BCUT2D eigenvalue weighted by Gasteiger charge is -2.43. The van der Waals surface area contributed by atoms with E-state index in [1.54, 1.807) is 24.8 Å². The van der Waals surface area contributed by atoms with Gasteiger partial charge in [-0.25, -0.2) is 9.97 Å². The number of hydrogen-bond donors (Lipinski definition) is 3. The standard InChI is InChI=1S/C35H49N7O3/c43-33(40-14-4-22-45-34(44)29(23-31-36-15-16-37-31)24-32-38-17-18-39-32)28-9-7-27(8-10-28)25-41-19-11-35(26-41)12-20-42(21-13-35)30-5-2-1-3-6-30/h7-10,15-18,29-30H,1-6,11-14,19-26H2,(H,36,37)(H,38,39)(H,40,43). The van der Waals surface area contributed by atoms with E-state index in [4.69, 9.17) is 4.74 Å². The summed E-state index contributed by atoms with van der Waals surface area (Å²) in [7, 11) is 0. The van der Waals surface area contributed by atoms with Crippen molar-refractivity contribution in [1.82, 2.24) is 35.1 Å². The second-order valence-corrected chi connectivity index (χ2v) is 13.4. The van der Waals surface area contributed by atoms with E-state index in [-0.39, 0.29) is 18.5 Å². The molecule has 3 fully saturated rings. The van der Waals surface area contributed by atoms with E-state index < -0.39 is 5.92 Å². The number of hydrogen-bond acceptors (Lipinski definition) is 7. The number of amides is 1. The molecule has 0 atom stereocenters. The third-order valence-corrected chi connectivity index (χ3v) is 10.3. The van der Waals surface area contributed by atoms with Gasteiger partial charge in [0.05, 0.1) is 12.5 Å². The lowest BCUT2D eigenvalue weighted by atomic mass is 9.77. The van der Waals surface area contributed by atoms with Crippen molar-refractivity contribution in [3.05, 3.63) is 71.8 Å². The number of carbonyl (C=O) groups excluding carboxylic acids is 2. The number of aromatic nitrogens is 4. The van der Waals surface area contributed by atoms with E-state index in [1.807, 2.05) is 12.1 Å². The van der Waals surface area contributed by atoms with Crippen molar-refractivity contribution < 1.29 is 14.3 Å². The number of nitrogens with one attached hydrogen (secondary N) is 3. The molecule has 10 nitrogen and oxygen atoms in total. The lowest BCUT2D eigenvalue weighted by Crippen LogP contribution is -2.46. The van der Waals surface area contributed by atoms with Crippen LogP contribution in [0.5, 0.6) is 0 Å². The molecule has 1 spiro atoms. The van der Waals surface area contributed by atoms with Crippen LogP contribution in [0.15, 0.2) is 49.1 Å². The van der Waals surface area contributed by atoms with Gasteiger partial charge in [0.25, 0.3) is 5.91 Å². The maximum Gasteiger partial charge on any atom is 0.309 e. The predicted octanol–water partition coefficient (Wildman–Crippen LogP) is 4.52. The van der Waals surface area contributed by atoms with Crippen LogP contribution in [-0.2, 0) is 28.9 Å². The van der Waals surface area contributed by atoms with Crippen LogP contribution in [0.3, 0.4) is 0 Å². The number of H-pyrrole nitrogens is 2. The average Bonchev–Trinajstić information content (AvgIpc) is 3.86. The smallest absolute Gasteiger partial charge is 0.309 e. The maximum atomic E-state index is 12.8. The molecule has 2 saturated heterocycles. The number of esters is 1. The van der Waals surface area contributed by atoms with E-state index >= 15 is 0 Å². The summed E-state index contributed by atoms with van der Waals surface area (Å²) in [6.07, 6.45) is 19.3. The number of ether oxygens (including phenoxy) is 1. The Kier molecular flexibility index (Phi) is 10.6. The van der Waals surface area contributed by atoms with Crippen LogP contribution >= 0.6 is 0 Å². The van der Waals surface area contributed by atoms with Gasteiger partial charge in [0.15, 0.2) is 0 Å². The molecule has 3 aliphatic rings. The highest BCUT2D eigenvalue weighted by atomic mass is 16.5. The van der Waals surface area contributed by atoms with Crippen LogP contribution in [0.2, 0.25) is 0 Å². The molecule has 2 aromatic heterocycles. The van der Waals surface area contributed by atoms with Crippen molar-refractivity contribution >= 4 is 11.9 Å². The number of aromatic amines is 2. The molecule has 0 radical (unpaired) electrons. The van der Waals surface area contributed by atoms with Gasteiger partial charge in [0.2, 0.25) is 0 Å². The highest BCUT2D eigenvalue weighted by molar-refractivity contribution is 5.94. The van der Waals surface area contributed by atoms with Crippen molar-refractivity contribution in [3.8, 4) is 0 Å². The van der Waals surface area contributed by atoms with Crippen LogP contribution < -0.4 is 5.32 Å². The van der Waals surface area contributed by atoms with Crippen molar-refractivity contribution in [1.29, 1.82) is 0 Å². The Balaban J connectivity index is 0.886. The largest absolute Gasteiger partial charge is 0.465 e. The fraction of sp³-hybridized carbons (Fsp3) is 0.600. The minimum Gasteiger partial charge on any atom is -0.465 e. The molecule has 1 amide bonds. The van der Waals surface area contributed by atoms with Gasteiger partial charge < -0.3 is 24.9 Å². The molecule has 3 N–H and O–H groups in total. The average molecular weight is 616 g/mol. The van der Waals surface area contributed by atoms with Crippen molar-refractivity contribution in [2.24, 2.45) is 11.3 Å². The Bertz CT molecular complexity index is 1290. The molecule has 6 rings (SSSR count). The summed E-state index contributed by atoms with van der Waals surface area (Å²) in [5.74, 6) is 0.665. The first kappa shape index (κ1) is 31.5. The molecule has 1 saturated carbocycles. The molecule has 0 bridgehead atoms. The highest BCUT2D eigenvalue weighted by Gasteiger charge is 2.41. The summed E-state index contributed by atoms with van der Waals surface area (Å²) < 4.78 is 5.56. The van der Waals surface area contributed by atoms with Crippen molar-refractivity contribution in [2.45, 2.75) is 83.2 Å². The van der Waals surface area contributed by atoms with Gasteiger partial charge in [-0.3, -0.25) is 14.5 Å². The fourth-order valence-electron chi connectivity index (χ4n) is 7.59. The number of imidazole rings is 2. The molecule has 242 valence electrons. The molecule has 45 heavy (non-hydrogen) atoms. The Hall–Kier alpha value is -3.50. The second-order valence-electron chi connectivity index (χ2n) is 13.4. The molecule has 2 aliphatic heterocycles. The zero-order valence-corrected chi connectivity index (χ0v) is 26.5. The van der Waals surface area contributed by atoms with E-state index in [0.717, 1.165) is 24.2 Å². The van der Waals surface area contributed by atoms with E-state index in [9.17, 15) is 9.59 Å². The van der Waals surface area contributed by atoms with Gasteiger partial charge in [0, 0.05) is 68.9 Å². The predicted molar refractivity (Wildman–Crippen MR) is 172 cm³/mol. The first-order valence-electron chi connectivity index (χ1n) is 17.0. The molecule has 1 aromatic carbocycles. The first-order valence-corrected chi connectivity index (χ1v) is 17.0. The number of piperidine rings is 1. The molecule has 4 heterocycles. The SMILES string of the molecule is O=C(NCCCOC(=O)C(Cc1ncc[nH]1)Cc1ncc[nH]1)c1ccc(CN2CCC3(CCN(C4CCCCC4)CC3)C2)cc1. The van der Waals surface area contributed by atoms with Gasteiger partial charge in [0.1, 0.15) is 11.6 Å². The van der Waals surface area contributed by atoms with E-state index in [2.05, 4.69) is 47.2 Å². The van der Waals surface area contributed by atoms with Crippen molar-refractivity contribution in [3.63, 3.8) is 0 Å². The summed E-state index contributed by atoms with van der Waals surface area (Å²) in [5, 5.41) is 2.96. The van der Waals surface area contributed by atoms with Crippen LogP contribution in [0.1, 0.15) is 85.4 Å². The summed E-state index contributed by atoms with van der Waals surface area (Å²) in [4.78, 5) is 45.6. The zero-order chi connectivity index (χ0) is 30.9. The molecule has 3 aromatic rings. The summed E-state index contributed by atoms with van der Waals surface area (Å²) >= 11 is 0. The summed E-state index contributed by atoms with van der Waals surface area (Å²) in [6, 6.07) is 8.87. The number of carbonyl (C=O) groups is 2. The normalized spacial score (nSPS) is 19.3. The molecule has 10 heteroatoms. The van der Waals surface area contributed by atoms with Gasteiger partial charge in [-0.2, -0.15) is 0 Å². The first-order chi connectivity index (χ1) is 22.1. The van der Waals surface area contributed by atoms with Gasteiger partial charge in [-0.1, -0.05) is 31.4 Å². The van der Waals surface area contributed by atoms with Crippen LogP contribution in [0.4, 0.5) is 0 Å². The third-order valence-electron chi connectivity index (χ3n) is 10.3. The Labute approximate surface area is 266 Å². The quantitative estimate of drug-likeness (QED) is 0.191. The fourth-order valence-corrected chi connectivity index (χ4v) is 7.59. The Morgan fingerprint density at radius 3 is 2.24 bits per heavy atom. The Morgan fingerprint density at radius 2 is 1.60 bits per heavy atom. The monoisotopic (exact) mass is 615 g/mol. The molecular weight excluding hydrogens is 566 g/mol. The number of likely N-dealkylation sites (tertiary alicyclic amines) is 2. The van der Waals surface area contributed by atoms with Crippen LogP contribution in [-0.4, -0.2) is 87.0 Å². The van der Waals surface area contributed by atoms with Gasteiger partial charge >= 0.3 is 5.97 Å². The van der Waals surface area contributed by atoms with Crippen LogP contribution in [0.25, 0.3) is 0 Å². The summed E-state index contributed by atoms with van der Waals surface area (Å²) in [5.41, 5.74) is 2.41. The third kappa shape index (κ3) is 8.61. The number of nitrogens with zero attached hydrogens (tertiary/aromatic N) is 4. The minimum atomic E-state index is -0.402. The molecular formula is C35H49N7O3. The number of rotatable bonds is 13. The topological polar surface area (TPSA) is 119 Å². The van der Waals surface area contributed by atoms with Crippen molar-refractivity contribution in [2.75, 3.05) is 39.3 Å². The summed E-state index contributed by atoms with van der Waals surface area (Å²) in [6.45, 7) is 6.55. The Morgan fingerprint density at radius 1 is 0.933 bits per heavy atom. The highest BCUT2D eigenvalue weighted by Crippen LogP contribution is 2.42. The number of benzene rings is 1. The minimum absolute atomic E-state index is 0.105. The van der Waals surface area contributed by atoms with Gasteiger partial charge in [-0.15, -0.1) is 0 Å². The lowest BCUT2D eigenvalue weighted by molar-refractivity contribution is -0.148. The molecule has 0 unspecified atom stereocenters. The maximum absolute atomic E-state index is 12.8. The zero-order valence-electron chi connectivity index (χ0n) is 26.5. The van der Waals surface area contributed by atoms with E-state index in [0.29, 0.717) is 36.8 Å². The molecule has 1 aliphatic carbocycles. The van der Waals surface area contributed by atoms with E-state index in [1.165, 1.54) is 83.1 Å².